The first-order valence-corrected chi connectivity index (χ1v) is 5.68. The lowest BCUT2D eigenvalue weighted by Gasteiger charge is -2.14. The molecule has 1 rings (SSSR count). The lowest BCUT2D eigenvalue weighted by atomic mass is 10.1. The van der Waals surface area contributed by atoms with Crippen molar-refractivity contribution >= 4 is 15.9 Å². The molecule has 1 atom stereocenters. The third-order valence-corrected chi connectivity index (χ3v) is 2.55. The third kappa shape index (κ3) is 3.28. The predicted octanol–water partition coefficient (Wildman–Crippen LogP) is 3.68. The van der Waals surface area contributed by atoms with Gasteiger partial charge in [0.05, 0.1) is 6.04 Å². The van der Waals surface area contributed by atoms with Crippen molar-refractivity contribution in [1.82, 2.24) is 5.32 Å². The standard InChI is InChI=1S/C12H16BrN/c1-3-8-14-12(4-2)10-6-5-7-11(13)9-10/h4-7,9,12,14H,2-3,8H2,1H3. The van der Waals surface area contributed by atoms with E-state index in [9.17, 15) is 0 Å². The maximum atomic E-state index is 3.84. The Morgan fingerprint density at radius 2 is 2.36 bits per heavy atom. The molecule has 1 unspecified atom stereocenters. The van der Waals surface area contributed by atoms with Crippen LogP contribution in [0.1, 0.15) is 24.9 Å². The first kappa shape index (κ1) is 11.5. The van der Waals surface area contributed by atoms with Crippen molar-refractivity contribution in [2.45, 2.75) is 19.4 Å². The SMILES string of the molecule is C=CC(NCCC)c1cccc(Br)c1. The van der Waals surface area contributed by atoms with Crippen molar-refractivity contribution in [2.24, 2.45) is 0 Å². The van der Waals surface area contributed by atoms with Gasteiger partial charge in [0.1, 0.15) is 0 Å². The molecular formula is C12H16BrN. The van der Waals surface area contributed by atoms with E-state index in [0.717, 1.165) is 17.4 Å². The molecule has 0 saturated carbocycles. The highest BCUT2D eigenvalue weighted by Crippen LogP contribution is 2.18. The minimum Gasteiger partial charge on any atom is -0.307 e. The van der Waals surface area contributed by atoms with E-state index in [0.29, 0.717) is 0 Å². The molecule has 1 aromatic rings. The van der Waals surface area contributed by atoms with Crippen LogP contribution in [0, 0.1) is 0 Å². The first-order valence-electron chi connectivity index (χ1n) is 4.89. The molecule has 0 amide bonds. The summed E-state index contributed by atoms with van der Waals surface area (Å²) in [6.45, 7) is 7.02. The van der Waals surface area contributed by atoms with Gasteiger partial charge in [0.2, 0.25) is 0 Å². The quantitative estimate of drug-likeness (QED) is 0.790. The van der Waals surface area contributed by atoms with Crippen molar-refractivity contribution in [3.63, 3.8) is 0 Å². The lowest BCUT2D eigenvalue weighted by Crippen LogP contribution is -2.20. The van der Waals surface area contributed by atoms with E-state index in [1.54, 1.807) is 0 Å². The van der Waals surface area contributed by atoms with Gasteiger partial charge in [-0.25, -0.2) is 0 Å². The van der Waals surface area contributed by atoms with Crippen LogP contribution in [0.15, 0.2) is 41.4 Å². The summed E-state index contributed by atoms with van der Waals surface area (Å²) in [7, 11) is 0. The second-order valence-electron chi connectivity index (χ2n) is 3.22. The molecule has 0 spiro atoms. The Bertz CT molecular complexity index is 296. The highest BCUT2D eigenvalue weighted by atomic mass is 79.9. The van der Waals surface area contributed by atoms with Crippen LogP contribution in [0.25, 0.3) is 0 Å². The molecule has 0 fully saturated rings. The lowest BCUT2D eigenvalue weighted by molar-refractivity contribution is 0.613. The maximum Gasteiger partial charge on any atom is 0.0504 e. The molecule has 1 nitrogen and oxygen atoms in total. The summed E-state index contributed by atoms with van der Waals surface area (Å²) in [5.74, 6) is 0. The van der Waals surface area contributed by atoms with Crippen LogP contribution in [-0.4, -0.2) is 6.54 Å². The van der Waals surface area contributed by atoms with Gasteiger partial charge in [-0.3, -0.25) is 0 Å². The van der Waals surface area contributed by atoms with E-state index < -0.39 is 0 Å². The number of nitrogens with one attached hydrogen (secondary N) is 1. The Labute approximate surface area is 94.3 Å². The topological polar surface area (TPSA) is 12.0 Å². The Morgan fingerprint density at radius 1 is 1.57 bits per heavy atom. The summed E-state index contributed by atoms with van der Waals surface area (Å²) in [5, 5.41) is 3.42. The van der Waals surface area contributed by atoms with Crippen LogP contribution in [0.2, 0.25) is 0 Å². The summed E-state index contributed by atoms with van der Waals surface area (Å²) in [6, 6.07) is 8.56. The Kier molecular flexibility index (Phi) is 4.91. The largest absolute Gasteiger partial charge is 0.307 e. The first-order chi connectivity index (χ1) is 6.77. The van der Waals surface area contributed by atoms with Gasteiger partial charge in [-0.2, -0.15) is 0 Å². The fourth-order valence-corrected chi connectivity index (χ4v) is 1.75. The average Bonchev–Trinajstić information content (AvgIpc) is 2.19. The van der Waals surface area contributed by atoms with Gasteiger partial charge in [-0.15, -0.1) is 6.58 Å². The molecule has 14 heavy (non-hydrogen) atoms. The molecule has 0 radical (unpaired) electrons. The van der Waals surface area contributed by atoms with Gasteiger partial charge in [0.25, 0.3) is 0 Å². The fraction of sp³-hybridized carbons (Fsp3) is 0.333. The van der Waals surface area contributed by atoms with E-state index in [1.165, 1.54) is 5.56 Å². The van der Waals surface area contributed by atoms with E-state index in [2.05, 4.69) is 46.9 Å². The van der Waals surface area contributed by atoms with Crippen LogP contribution >= 0.6 is 15.9 Å². The van der Waals surface area contributed by atoms with Gasteiger partial charge in [-0.05, 0) is 30.7 Å². The molecule has 0 saturated heterocycles. The van der Waals surface area contributed by atoms with E-state index in [4.69, 9.17) is 0 Å². The molecule has 1 N–H and O–H groups in total. The minimum atomic E-state index is 0.257. The Balaban J connectivity index is 2.73. The molecular weight excluding hydrogens is 238 g/mol. The van der Waals surface area contributed by atoms with Gasteiger partial charge in [0.15, 0.2) is 0 Å². The molecule has 0 heterocycles. The van der Waals surface area contributed by atoms with E-state index in [1.807, 2.05) is 18.2 Å². The molecule has 76 valence electrons. The molecule has 0 aliphatic carbocycles. The van der Waals surface area contributed by atoms with Crippen molar-refractivity contribution in [3.8, 4) is 0 Å². The summed E-state index contributed by atoms with van der Waals surface area (Å²) in [6.07, 6.45) is 3.08. The maximum absolute atomic E-state index is 3.84. The second kappa shape index (κ2) is 5.99. The van der Waals surface area contributed by atoms with Crippen molar-refractivity contribution in [1.29, 1.82) is 0 Å². The highest BCUT2D eigenvalue weighted by molar-refractivity contribution is 9.10. The molecule has 1 aromatic carbocycles. The molecule has 2 heteroatoms. The van der Waals surface area contributed by atoms with Gasteiger partial charge in [0, 0.05) is 4.47 Å². The zero-order valence-corrected chi connectivity index (χ0v) is 10.0. The minimum absolute atomic E-state index is 0.257. The molecule has 0 aromatic heterocycles. The molecule has 0 aliphatic rings. The van der Waals surface area contributed by atoms with Crippen LogP contribution in [0.4, 0.5) is 0 Å². The zero-order chi connectivity index (χ0) is 10.4. The smallest absolute Gasteiger partial charge is 0.0504 e. The number of hydrogen-bond donors (Lipinski definition) is 1. The van der Waals surface area contributed by atoms with Gasteiger partial charge >= 0.3 is 0 Å². The third-order valence-electron chi connectivity index (χ3n) is 2.06. The van der Waals surface area contributed by atoms with Crippen LogP contribution in [-0.2, 0) is 0 Å². The number of benzene rings is 1. The van der Waals surface area contributed by atoms with Crippen molar-refractivity contribution in [3.05, 3.63) is 47.0 Å². The highest BCUT2D eigenvalue weighted by Gasteiger charge is 2.05. The van der Waals surface area contributed by atoms with Gasteiger partial charge in [-0.1, -0.05) is 41.1 Å². The zero-order valence-electron chi connectivity index (χ0n) is 8.46. The molecule has 0 bridgehead atoms. The van der Waals surface area contributed by atoms with Gasteiger partial charge < -0.3 is 5.32 Å². The normalized spacial score (nSPS) is 12.4. The Hall–Kier alpha value is -0.600. The van der Waals surface area contributed by atoms with E-state index in [-0.39, 0.29) is 6.04 Å². The summed E-state index contributed by atoms with van der Waals surface area (Å²) in [5.41, 5.74) is 1.25. The van der Waals surface area contributed by atoms with Crippen molar-refractivity contribution in [2.75, 3.05) is 6.54 Å². The second-order valence-corrected chi connectivity index (χ2v) is 4.14. The summed E-state index contributed by atoms with van der Waals surface area (Å²) in [4.78, 5) is 0. The monoisotopic (exact) mass is 253 g/mol. The fourth-order valence-electron chi connectivity index (χ4n) is 1.34. The number of halogens is 1. The van der Waals surface area contributed by atoms with Crippen LogP contribution in [0.5, 0.6) is 0 Å². The van der Waals surface area contributed by atoms with Crippen LogP contribution in [0.3, 0.4) is 0 Å². The number of hydrogen-bond acceptors (Lipinski definition) is 1. The number of rotatable bonds is 5. The summed E-state index contributed by atoms with van der Waals surface area (Å²) >= 11 is 3.47. The predicted molar refractivity (Wildman–Crippen MR) is 65.4 cm³/mol. The van der Waals surface area contributed by atoms with Crippen molar-refractivity contribution < 1.29 is 0 Å². The summed E-state index contributed by atoms with van der Waals surface area (Å²) < 4.78 is 1.11. The average molecular weight is 254 g/mol. The molecule has 0 aliphatic heterocycles. The van der Waals surface area contributed by atoms with Crippen LogP contribution < -0.4 is 5.32 Å². The Morgan fingerprint density at radius 3 is 2.93 bits per heavy atom. The van der Waals surface area contributed by atoms with E-state index >= 15 is 0 Å².